The third-order valence-corrected chi connectivity index (χ3v) is 1.22. The molecule has 0 unspecified atom stereocenters. The van der Waals surface area contributed by atoms with Gasteiger partial charge >= 0.3 is 0 Å². The lowest BCUT2D eigenvalue weighted by molar-refractivity contribution is 1.07. The summed E-state index contributed by atoms with van der Waals surface area (Å²) >= 11 is 0. The Balaban J connectivity index is 0.000000810. The maximum absolute atomic E-state index is 5.44. The molecule has 3 heteroatoms. The van der Waals surface area contributed by atoms with Gasteiger partial charge < -0.3 is 5.73 Å². The van der Waals surface area contributed by atoms with Crippen LogP contribution >= 0.6 is 12.4 Å². The molecule has 0 aliphatic carbocycles. The summed E-state index contributed by atoms with van der Waals surface area (Å²) in [7, 11) is 5.44. The number of halogens is 1. The topological polar surface area (TPSA) is 26.0 Å². The summed E-state index contributed by atoms with van der Waals surface area (Å²) in [6, 6.07) is 7.55. The standard InChI is InChI=1S/C7H8BN.ClH/c8-7-3-1-6(5-9)2-4-7;/h1-4H,5,9H2;1H. The van der Waals surface area contributed by atoms with E-state index in [-0.39, 0.29) is 12.4 Å². The van der Waals surface area contributed by atoms with Gasteiger partial charge in [0, 0.05) is 6.54 Å². The summed E-state index contributed by atoms with van der Waals surface area (Å²) in [4.78, 5) is 0. The van der Waals surface area contributed by atoms with Crippen LogP contribution in [0.15, 0.2) is 24.3 Å². The fourth-order valence-corrected chi connectivity index (χ4v) is 0.654. The van der Waals surface area contributed by atoms with E-state index in [0.717, 1.165) is 11.0 Å². The first-order valence-corrected chi connectivity index (χ1v) is 2.87. The Morgan fingerprint density at radius 3 is 2.10 bits per heavy atom. The van der Waals surface area contributed by atoms with Crippen LogP contribution in [-0.4, -0.2) is 7.85 Å². The second-order valence-corrected chi connectivity index (χ2v) is 1.95. The number of nitrogens with two attached hydrogens (primary N) is 1. The monoisotopic (exact) mass is 153 g/mol. The average Bonchev–Trinajstić information content (AvgIpc) is 1.90. The lowest BCUT2D eigenvalue weighted by atomic mass is 9.95. The van der Waals surface area contributed by atoms with Crippen LogP contribution in [0.5, 0.6) is 0 Å². The minimum absolute atomic E-state index is 0. The van der Waals surface area contributed by atoms with Gasteiger partial charge in [0.1, 0.15) is 7.85 Å². The molecule has 1 rings (SSSR count). The predicted octanol–water partition coefficient (Wildman–Crippen LogP) is 0.361. The highest BCUT2D eigenvalue weighted by atomic mass is 35.5. The van der Waals surface area contributed by atoms with Gasteiger partial charge in [-0.15, -0.1) is 12.4 Å². The van der Waals surface area contributed by atoms with Crippen LogP contribution in [0.1, 0.15) is 5.56 Å². The van der Waals surface area contributed by atoms with Gasteiger partial charge in [0.05, 0.1) is 0 Å². The first-order valence-electron chi connectivity index (χ1n) is 2.87. The zero-order chi connectivity index (χ0) is 6.69. The summed E-state index contributed by atoms with van der Waals surface area (Å²) in [5.41, 5.74) is 7.26. The van der Waals surface area contributed by atoms with Gasteiger partial charge in [-0.1, -0.05) is 29.7 Å². The maximum atomic E-state index is 5.44. The molecule has 0 saturated carbocycles. The lowest BCUT2D eigenvalue weighted by Crippen LogP contribution is -2.02. The van der Waals surface area contributed by atoms with E-state index in [2.05, 4.69) is 0 Å². The predicted molar refractivity (Wildman–Crippen MR) is 47.0 cm³/mol. The van der Waals surface area contributed by atoms with Crippen molar-refractivity contribution in [2.75, 3.05) is 0 Å². The Morgan fingerprint density at radius 2 is 1.70 bits per heavy atom. The summed E-state index contributed by atoms with van der Waals surface area (Å²) in [5.74, 6) is 0. The van der Waals surface area contributed by atoms with Gasteiger partial charge in [0.2, 0.25) is 0 Å². The molecule has 0 saturated heterocycles. The molecule has 1 nitrogen and oxygen atoms in total. The zero-order valence-corrected chi connectivity index (χ0v) is 6.40. The van der Waals surface area contributed by atoms with Gasteiger partial charge in [-0.2, -0.15) is 0 Å². The van der Waals surface area contributed by atoms with Crippen LogP contribution in [0.2, 0.25) is 0 Å². The Morgan fingerprint density at radius 1 is 1.20 bits per heavy atom. The van der Waals surface area contributed by atoms with E-state index in [4.69, 9.17) is 13.6 Å². The zero-order valence-electron chi connectivity index (χ0n) is 5.58. The van der Waals surface area contributed by atoms with Crippen LogP contribution < -0.4 is 11.2 Å². The van der Waals surface area contributed by atoms with E-state index in [9.17, 15) is 0 Å². The van der Waals surface area contributed by atoms with Crippen molar-refractivity contribution in [3.05, 3.63) is 29.8 Å². The van der Waals surface area contributed by atoms with Crippen molar-refractivity contribution in [3.8, 4) is 0 Å². The molecule has 2 radical (unpaired) electrons. The lowest BCUT2D eigenvalue weighted by Gasteiger charge is -1.94. The number of hydrogen-bond acceptors (Lipinski definition) is 1. The second kappa shape index (κ2) is 4.37. The molecule has 0 aliphatic rings. The normalized spacial score (nSPS) is 8.50. The fourth-order valence-electron chi connectivity index (χ4n) is 0.654. The van der Waals surface area contributed by atoms with Crippen LogP contribution in [0.3, 0.4) is 0 Å². The largest absolute Gasteiger partial charge is 0.326 e. The van der Waals surface area contributed by atoms with Crippen LogP contribution in [0, 0.1) is 0 Å². The average molecular weight is 153 g/mol. The van der Waals surface area contributed by atoms with Gasteiger partial charge in [0.25, 0.3) is 0 Å². The molecule has 0 spiro atoms. The summed E-state index contributed by atoms with van der Waals surface area (Å²) in [6.07, 6.45) is 0. The highest BCUT2D eigenvalue weighted by Crippen LogP contribution is 1.92. The van der Waals surface area contributed by atoms with Crippen molar-refractivity contribution in [3.63, 3.8) is 0 Å². The van der Waals surface area contributed by atoms with Crippen molar-refractivity contribution in [2.24, 2.45) is 5.73 Å². The molecule has 1 aromatic rings. The summed E-state index contributed by atoms with van der Waals surface area (Å²) in [6.45, 7) is 0.584. The number of benzene rings is 1. The molecule has 0 aromatic heterocycles. The Hall–Kier alpha value is -0.465. The third kappa shape index (κ3) is 2.42. The SMILES string of the molecule is Cl.[B]c1ccc(CN)cc1. The van der Waals surface area contributed by atoms with Gasteiger partial charge in [-0.25, -0.2) is 0 Å². The quantitative estimate of drug-likeness (QED) is 0.579. The molecule has 0 heterocycles. The molecule has 0 fully saturated rings. The Bertz CT molecular complexity index is 185. The minimum Gasteiger partial charge on any atom is -0.326 e. The van der Waals surface area contributed by atoms with Crippen molar-refractivity contribution < 1.29 is 0 Å². The fraction of sp³-hybridized carbons (Fsp3) is 0.143. The Labute approximate surface area is 68.4 Å². The van der Waals surface area contributed by atoms with Crippen LogP contribution in [0.4, 0.5) is 0 Å². The van der Waals surface area contributed by atoms with Crippen molar-refractivity contribution in [2.45, 2.75) is 6.54 Å². The first-order chi connectivity index (χ1) is 4.33. The van der Waals surface area contributed by atoms with Gasteiger partial charge in [-0.3, -0.25) is 0 Å². The summed E-state index contributed by atoms with van der Waals surface area (Å²) < 4.78 is 0. The third-order valence-electron chi connectivity index (χ3n) is 1.22. The van der Waals surface area contributed by atoms with Gasteiger partial charge in [-0.05, 0) is 5.56 Å². The number of rotatable bonds is 1. The van der Waals surface area contributed by atoms with E-state index in [1.54, 1.807) is 0 Å². The highest BCUT2D eigenvalue weighted by Gasteiger charge is 1.84. The number of hydrogen-bond donors (Lipinski definition) is 1. The van der Waals surface area contributed by atoms with E-state index in [1.807, 2.05) is 24.3 Å². The Kier molecular flexibility index (Phi) is 4.16. The minimum atomic E-state index is 0. The molecule has 0 amide bonds. The van der Waals surface area contributed by atoms with Crippen molar-refractivity contribution in [1.29, 1.82) is 0 Å². The van der Waals surface area contributed by atoms with E-state index < -0.39 is 0 Å². The highest BCUT2D eigenvalue weighted by molar-refractivity contribution is 6.32. The summed E-state index contributed by atoms with van der Waals surface area (Å²) in [5, 5.41) is 0. The maximum Gasteiger partial charge on any atom is 0.113 e. The molecule has 0 atom stereocenters. The molecular weight excluding hydrogens is 144 g/mol. The van der Waals surface area contributed by atoms with E-state index >= 15 is 0 Å². The smallest absolute Gasteiger partial charge is 0.113 e. The van der Waals surface area contributed by atoms with Gasteiger partial charge in [0.15, 0.2) is 0 Å². The first kappa shape index (κ1) is 9.53. The van der Waals surface area contributed by atoms with Crippen molar-refractivity contribution in [1.82, 2.24) is 0 Å². The second-order valence-electron chi connectivity index (χ2n) is 1.95. The van der Waals surface area contributed by atoms with E-state index in [0.29, 0.717) is 6.54 Å². The molecule has 0 aliphatic heterocycles. The molecule has 0 bridgehead atoms. The molecule has 2 N–H and O–H groups in total. The van der Waals surface area contributed by atoms with Crippen LogP contribution in [-0.2, 0) is 6.54 Å². The van der Waals surface area contributed by atoms with Crippen LogP contribution in [0.25, 0.3) is 0 Å². The molecule has 10 heavy (non-hydrogen) atoms. The van der Waals surface area contributed by atoms with E-state index in [1.165, 1.54) is 0 Å². The van der Waals surface area contributed by atoms with Crippen molar-refractivity contribution >= 4 is 25.7 Å². The molecule has 52 valence electrons. The molecular formula is C7H9BClN. The molecule has 1 aromatic carbocycles.